The molecule has 7 heteroatoms. The maximum absolute atomic E-state index is 12.0. The van der Waals surface area contributed by atoms with Crippen molar-refractivity contribution in [1.29, 1.82) is 0 Å². The summed E-state index contributed by atoms with van der Waals surface area (Å²) in [7, 11) is 1.61. The largest absolute Gasteiger partial charge is 0.493 e. The van der Waals surface area contributed by atoms with Crippen LogP contribution in [0.1, 0.15) is 30.9 Å². The number of methoxy groups -OCH3 is 1. The lowest BCUT2D eigenvalue weighted by Gasteiger charge is -2.13. The Morgan fingerprint density at radius 2 is 1.93 bits per heavy atom. The Bertz CT molecular complexity index is 854. The Balaban J connectivity index is 1.83. The standard InChI is InChI=1S/C22H25ClN2O3S/c1-3-4-13-28-19-11-7-17(14-20(19)27-2)15-24-22(29)25-21(26)12-8-16-5-9-18(23)10-6-16/h5-12,14H,3-4,13,15H2,1-2H3,(H2,24,25,26,29)/b12-8+. The Morgan fingerprint density at radius 1 is 1.17 bits per heavy atom. The normalized spacial score (nSPS) is 10.6. The number of benzene rings is 2. The molecule has 0 heterocycles. The van der Waals surface area contributed by atoms with Crippen molar-refractivity contribution in [3.63, 3.8) is 0 Å². The lowest BCUT2D eigenvalue weighted by molar-refractivity contribution is -0.115. The van der Waals surface area contributed by atoms with Gasteiger partial charge in [0.2, 0.25) is 5.91 Å². The van der Waals surface area contributed by atoms with E-state index in [0.29, 0.717) is 29.7 Å². The van der Waals surface area contributed by atoms with Gasteiger partial charge in [0.05, 0.1) is 13.7 Å². The number of ether oxygens (including phenoxy) is 2. The van der Waals surface area contributed by atoms with Crippen molar-refractivity contribution >= 4 is 40.9 Å². The van der Waals surface area contributed by atoms with Crippen LogP contribution in [-0.2, 0) is 11.3 Å². The molecule has 0 spiro atoms. The SMILES string of the molecule is CCCCOc1ccc(CNC(=S)NC(=O)/C=C/c2ccc(Cl)cc2)cc1OC. The van der Waals surface area contributed by atoms with Gasteiger partial charge in [0.25, 0.3) is 0 Å². The van der Waals surface area contributed by atoms with E-state index < -0.39 is 0 Å². The zero-order chi connectivity index (χ0) is 21.1. The third-order valence-electron chi connectivity index (χ3n) is 3.97. The summed E-state index contributed by atoms with van der Waals surface area (Å²) in [6.45, 7) is 3.22. The van der Waals surface area contributed by atoms with Crippen LogP contribution in [-0.4, -0.2) is 24.7 Å². The molecule has 5 nitrogen and oxygen atoms in total. The summed E-state index contributed by atoms with van der Waals surface area (Å²) in [5, 5.41) is 6.52. The molecule has 0 atom stereocenters. The molecule has 1 amide bonds. The molecule has 0 fully saturated rings. The number of carbonyl (C=O) groups excluding carboxylic acids is 1. The molecule has 0 radical (unpaired) electrons. The van der Waals surface area contributed by atoms with E-state index >= 15 is 0 Å². The highest BCUT2D eigenvalue weighted by molar-refractivity contribution is 7.80. The summed E-state index contributed by atoms with van der Waals surface area (Å²) in [5.74, 6) is 1.07. The summed E-state index contributed by atoms with van der Waals surface area (Å²) in [5.41, 5.74) is 1.83. The fourth-order valence-electron chi connectivity index (χ4n) is 2.39. The van der Waals surface area contributed by atoms with Gasteiger partial charge < -0.3 is 14.8 Å². The zero-order valence-electron chi connectivity index (χ0n) is 16.5. The first-order chi connectivity index (χ1) is 14.0. The van der Waals surface area contributed by atoms with E-state index in [1.807, 2.05) is 30.3 Å². The maximum atomic E-state index is 12.0. The molecular formula is C22H25ClN2O3S. The fraction of sp³-hybridized carbons (Fsp3) is 0.273. The number of rotatable bonds is 9. The van der Waals surface area contributed by atoms with Gasteiger partial charge in [-0.05, 0) is 60.1 Å². The Labute approximate surface area is 182 Å². The predicted molar refractivity (Wildman–Crippen MR) is 121 cm³/mol. The lowest BCUT2D eigenvalue weighted by Crippen LogP contribution is -2.37. The van der Waals surface area contributed by atoms with Crippen LogP contribution in [0.15, 0.2) is 48.5 Å². The summed E-state index contributed by atoms with van der Waals surface area (Å²) < 4.78 is 11.1. The molecule has 2 aromatic rings. The first kappa shape index (κ1) is 22.7. The smallest absolute Gasteiger partial charge is 0.250 e. The van der Waals surface area contributed by atoms with Crippen LogP contribution in [0.3, 0.4) is 0 Å². The summed E-state index contributed by atoms with van der Waals surface area (Å²) in [6.07, 6.45) is 5.17. The topological polar surface area (TPSA) is 59.6 Å². The molecule has 0 aliphatic rings. The third-order valence-corrected chi connectivity index (χ3v) is 4.47. The number of nitrogens with one attached hydrogen (secondary N) is 2. The van der Waals surface area contributed by atoms with E-state index in [4.69, 9.17) is 33.3 Å². The second-order valence-electron chi connectivity index (χ2n) is 6.24. The van der Waals surface area contributed by atoms with E-state index in [2.05, 4.69) is 17.6 Å². The first-order valence-corrected chi connectivity index (χ1v) is 10.1. The molecule has 0 aliphatic carbocycles. The van der Waals surface area contributed by atoms with Crippen molar-refractivity contribution in [3.8, 4) is 11.5 Å². The zero-order valence-corrected chi connectivity index (χ0v) is 18.1. The average Bonchev–Trinajstić information content (AvgIpc) is 2.72. The quantitative estimate of drug-likeness (QED) is 0.340. The molecule has 154 valence electrons. The van der Waals surface area contributed by atoms with E-state index in [1.165, 1.54) is 6.08 Å². The molecule has 0 aromatic heterocycles. The molecule has 0 saturated heterocycles. The molecule has 0 unspecified atom stereocenters. The summed E-state index contributed by atoms with van der Waals surface area (Å²) in [4.78, 5) is 12.0. The predicted octanol–water partition coefficient (Wildman–Crippen LogP) is 4.73. The van der Waals surface area contributed by atoms with Gasteiger partial charge in [-0.2, -0.15) is 0 Å². The van der Waals surface area contributed by atoms with Gasteiger partial charge in [0.1, 0.15) is 0 Å². The Hall–Kier alpha value is -2.57. The van der Waals surface area contributed by atoms with Gasteiger partial charge in [0.15, 0.2) is 16.6 Å². The van der Waals surface area contributed by atoms with E-state index in [1.54, 1.807) is 25.3 Å². The second kappa shape index (κ2) is 12.1. The molecule has 0 aliphatic heterocycles. The minimum Gasteiger partial charge on any atom is -0.493 e. The van der Waals surface area contributed by atoms with E-state index in [0.717, 1.165) is 24.0 Å². The monoisotopic (exact) mass is 432 g/mol. The molecule has 0 bridgehead atoms. The minimum atomic E-state index is -0.310. The fourth-order valence-corrected chi connectivity index (χ4v) is 2.69. The summed E-state index contributed by atoms with van der Waals surface area (Å²) in [6, 6.07) is 12.9. The molecule has 29 heavy (non-hydrogen) atoms. The van der Waals surface area contributed by atoms with Crippen LogP contribution in [0.4, 0.5) is 0 Å². The highest BCUT2D eigenvalue weighted by Crippen LogP contribution is 2.28. The van der Waals surface area contributed by atoms with Crippen molar-refractivity contribution in [3.05, 3.63) is 64.7 Å². The molecular weight excluding hydrogens is 408 g/mol. The van der Waals surface area contributed by atoms with Crippen molar-refractivity contribution in [1.82, 2.24) is 10.6 Å². The highest BCUT2D eigenvalue weighted by atomic mass is 35.5. The van der Waals surface area contributed by atoms with Gasteiger partial charge in [-0.15, -0.1) is 0 Å². The van der Waals surface area contributed by atoms with Crippen LogP contribution in [0.5, 0.6) is 11.5 Å². The number of halogens is 1. The van der Waals surface area contributed by atoms with Crippen LogP contribution in [0.2, 0.25) is 5.02 Å². The Morgan fingerprint density at radius 3 is 2.62 bits per heavy atom. The number of carbonyl (C=O) groups is 1. The molecule has 2 N–H and O–H groups in total. The van der Waals surface area contributed by atoms with Crippen molar-refractivity contribution in [2.24, 2.45) is 0 Å². The number of hydrogen-bond acceptors (Lipinski definition) is 4. The van der Waals surface area contributed by atoms with Crippen LogP contribution in [0, 0.1) is 0 Å². The van der Waals surface area contributed by atoms with E-state index in [9.17, 15) is 4.79 Å². The molecule has 2 rings (SSSR count). The number of thiocarbonyl (C=S) groups is 1. The van der Waals surface area contributed by atoms with Gasteiger partial charge in [-0.1, -0.05) is 43.1 Å². The van der Waals surface area contributed by atoms with Gasteiger partial charge in [-0.3, -0.25) is 10.1 Å². The average molecular weight is 433 g/mol. The van der Waals surface area contributed by atoms with Crippen LogP contribution >= 0.6 is 23.8 Å². The Kier molecular flexibility index (Phi) is 9.47. The first-order valence-electron chi connectivity index (χ1n) is 9.34. The third kappa shape index (κ3) is 8.13. The van der Waals surface area contributed by atoms with Gasteiger partial charge in [-0.25, -0.2) is 0 Å². The number of hydrogen-bond donors (Lipinski definition) is 2. The summed E-state index contributed by atoms with van der Waals surface area (Å²) >= 11 is 11.0. The molecule has 2 aromatic carbocycles. The van der Waals surface area contributed by atoms with Gasteiger partial charge in [0, 0.05) is 17.6 Å². The lowest BCUT2D eigenvalue weighted by atomic mass is 10.2. The van der Waals surface area contributed by atoms with Gasteiger partial charge >= 0.3 is 0 Å². The second-order valence-corrected chi connectivity index (χ2v) is 7.09. The highest BCUT2D eigenvalue weighted by Gasteiger charge is 2.07. The van der Waals surface area contributed by atoms with Crippen molar-refractivity contribution in [2.75, 3.05) is 13.7 Å². The van der Waals surface area contributed by atoms with Crippen LogP contribution in [0.25, 0.3) is 6.08 Å². The van der Waals surface area contributed by atoms with Crippen molar-refractivity contribution in [2.45, 2.75) is 26.3 Å². The van der Waals surface area contributed by atoms with Crippen LogP contribution < -0.4 is 20.1 Å². The van der Waals surface area contributed by atoms with E-state index in [-0.39, 0.29) is 11.0 Å². The van der Waals surface area contributed by atoms with Crippen molar-refractivity contribution < 1.29 is 14.3 Å². The number of amides is 1. The number of unbranched alkanes of at least 4 members (excludes halogenated alkanes) is 1. The molecule has 0 saturated carbocycles. The maximum Gasteiger partial charge on any atom is 0.250 e. The minimum absolute atomic E-state index is 0.248.